The van der Waals surface area contributed by atoms with Crippen molar-refractivity contribution in [3.05, 3.63) is 64.4 Å². The number of benzene rings is 2. The molecule has 1 aromatic heterocycles. The summed E-state index contributed by atoms with van der Waals surface area (Å²) >= 11 is 5.92. The molecule has 1 heterocycles. The summed E-state index contributed by atoms with van der Waals surface area (Å²) < 4.78 is 15.1. The zero-order chi connectivity index (χ0) is 18.0. The Morgan fingerprint density at radius 2 is 2.12 bits per heavy atom. The highest BCUT2D eigenvalue weighted by atomic mass is 35.5. The molecule has 0 amide bonds. The molecule has 3 rings (SSSR count). The van der Waals surface area contributed by atoms with Crippen LogP contribution in [0.5, 0.6) is 0 Å². The van der Waals surface area contributed by atoms with Crippen molar-refractivity contribution in [3.8, 4) is 0 Å². The van der Waals surface area contributed by atoms with Crippen molar-refractivity contribution in [2.24, 2.45) is 5.10 Å². The van der Waals surface area contributed by atoms with Gasteiger partial charge in [-0.3, -0.25) is 9.80 Å². The molecule has 0 unspecified atom stereocenters. The maximum Gasteiger partial charge on any atom is 0.222 e. The Morgan fingerprint density at radius 3 is 2.88 bits per heavy atom. The van der Waals surface area contributed by atoms with Crippen molar-refractivity contribution in [2.75, 3.05) is 12.8 Å². The molecule has 0 aliphatic heterocycles. The molecule has 0 aliphatic rings. The minimum Gasteiger partial charge on any atom is -0.369 e. The number of nitrogens with zero attached hydrogens (tertiary/aromatic N) is 4. The van der Waals surface area contributed by atoms with Crippen molar-refractivity contribution < 1.29 is 9.18 Å². The van der Waals surface area contributed by atoms with Crippen LogP contribution in [-0.4, -0.2) is 28.0 Å². The van der Waals surface area contributed by atoms with E-state index in [1.165, 1.54) is 23.2 Å². The third-order valence-electron chi connectivity index (χ3n) is 3.63. The third-order valence-corrected chi connectivity index (χ3v) is 3.87. The van der Waals surface area contributed by atoms with Crippen molar-refractivity contribution in [2.45, 2.75) is 6.54 Å². The topological polar surface area (TPSA) is 76.5 Å². The standard InChI is InChI=1S/C17H15ClFN5O/c1-23(9-11-8-12(18)6-7-14(11)19)22-16-13-4-2-3-5-15(13)21-17(20)24(16)10-25/h2-8,10H,9H2,1H3,(H2,20,21)/b22-16-. The van der Waals surface area contributed by atoms with Crippen molar-refractivity contribution >= 4 is 34.9 Å². The monoisotopic (exact) mass is 359 g/mol. The van der Waals surface area contributed by atoms with Crippen LogP contribution in [-0.2, 0) is 11.3 Å². The molecule has 2 aromatic carbocycles. The Hall–Kier alpha value is -2.93. The number of halogens is 2. The van der Waals surface area contributed by atoms with Gasteiger partial charge in [-0.25, -0.2) is 13.9 Å². The predicted molar refractivity (Wildman–Crippen MR) is 94.7 cm³/mol. The Kier molecular flexibility index (Phi) is 4.67. The van der Waals surface area contributed by atoms with Crippen molar-refractivity contribution in [1.82, 2.24) is 14.6 Å². The summed E-state index contributed by atoms with van der Waals surface area (Å²) in [5.74, 6) is -0.358. The van der Waals surface area contributed by atoms with E-state index in [0.717, 1.165) is 4.57 Å². The van der Waals surface area contributed by atoms with Crippen LogP contribution in [0.25, 0.3) is 10.9 Å². The summed E-state index contributed by atoms with van der Waals surface area (Å²) in [6, 6.07) is 11.5. The van der Waals surface area contributed by atoms with Gasteiger partial charge in [0.25, 0.3) is 0 Å². The summed E-state index contributed by atoms with van der Waals surface area (Å²) in [5.41, 5.74) is 7.16. The molecule has 0 fully saturated rings. The van der Waals surface area contributed by atoms with Crippen LogP contribution < -0.4 is 11.2 Å². The Labute approximate surface area is 148 Å². The van der Waals surface area contributed by atoms with Gasteiger partial charge in [-0.15, -0.1) is 0 Å². The summed E-state index contributed by atoms with van der Waals surface area (Å²) in [7, 11) is 1.67. The van der Waals surface area contributed by atoms with Gasteiger partial charge in [-0.2, -0.15) is 5.10 Å². The van der Waals surface area contributed by atoms with E-state index in [-0.39, 0.29) is 18.3 Å². The summed E-state index contributed by atoms with van der Waals surface area (Å²) in [6.07, 6.45) is 0.543. The average Bonchev–Trinajstić information content (AvgIpc) is 2.58. The smallest absolute Gasteiger partial charge is 0.222 e. The largest absolute Gasteiger partial charge is 0.369 e. The number of carbonyl (C=O) groups is 1. The first-order chi connectivity index (χ1) is 12.0. The zero-order valence-corrected chi connectivity index (χ0v) is 14.1. The molecule has 25 heavy (non-hydrogen) atoms. The quantitative estimate of drug-likeness (QED) is 0.573. The number of carbonyl (C=O) groups excluding carboxylic acids is 1. The number of fused-ring (bicyclic) bond motifs is 1. The van der Waals surface area contributed by atoms with Crippen LogP contribution in [0.4, 0.5) is 10.3 Å². The van der Waals surface area contributed by atoms with Gasteiger partial charge in [0.1, 0.15) is 5.82 Å². The lowest BCUT2D eigenvalue weighted by molar-refractivity contribution is 0.325. The Morgan fingerprint density at radius 1 is 1.36 bits per heavy atom. The number of rotatable bonds is 4. The van der Waals surface area contributed by atoms with Gasteiger partial charge >= 0.3 is 0 Å². The number of aromatic nitrogens is 2. The lowest BCUT2D eigenvalue weighted by atomic mass is 10.2. The highest BCUT2D eigenvalue weighted by molar-refractivity contribution is 6.30. The second-order valence-corrected chi connectivity index (χ2v) is 5.87. The molecule has 0 atom stereocenters. The zero-order valence-electron chi connectivity index (χ0n) is 13.4. The van der Waals surface area contributed by atoms with Crippen LogP contribution in [0.15, 0.2) is 47.6 Å². The molecule has 6 nitrogen and oxygen atoms in total. The lowest BCUT2D eigenvalue weighted by Gasteiger charge is -2.15. The summed E-state index contributed by atoms with van der Waals surface area (Å²) in [4.78, 5) is 15.6. The summed E-state index contributed by atoms with van der Waals surface area (Å²) in [6.45, 7) is 0.168. The van der Waals surface area contributed by atoms with E-state index in [0.29, 0.717) is 33.4 Å². The molecular weight excluding hydrogens is 345 g/mol. The average molecular weight is 360 g/mol. The molecule has 2 N–H and O–H groups in total. The van der Waals surface area contributed by atoms with E-state index in [1.54, 1.807) is 19.2 Å². The Bertz CT molecular complexity index is 1020. The van der Waals surface area contributed by atoms with Gasteiger partial charge in [0.05, 0.1) is 12.1 Å². The fraction of sp³-hybridized carbons (Fsp3) is 0.118. The number of nitrogens with two attached hydrogens (primary N) is 1. The maximum absolute atomic E-state index is 13.9. The fourth-order valence-electron chi connectivity index (χ4n) is 2.49. The second kappa shape index (κ2) is 6.90. The van der Waals surface area contributed by atoms with Gasteiger partial charge < -0.3 is 5.73 Å². The fourth-order valence-corrected chi connectivity index (χ4v) is 2.68. The molecule has 0 bridgehead atoms. The molecule has 8 heteroatoms. The van der Waals surface area contributed by atoms with Gasteiger partial charge in [-0.1, -0.05) is 23.7 Å². The van der Waals surface area contributed by atoms with E-state index in [2.05, 4.69) is 10.1 Å². The molecule has 0 saturated carbocycles. The molecule has 0 radical (unpaired) electrons. The molecule has 0 aliphatic carbocycles. The summed E-state index contributed by atoms with van der Waals surface area (Å²) in [5, 5.41) is 7.02. The van der Waals surface area contributed by atoms with E-state index in [1.807, 2.05) is 12.1 Å². The number of hydrogen-bond donors (Lipinski definition) is 1. The molecular formula is C17H15ClFN5O. The third kappa shape index (κ3) is 3.46. The van der Waals surface area contributed by atoms with E-state index in [9.17, 15) is 9.18 Å². The highest BCUT2D eigenvalue weighted by Crippen LogP contribution is 2.16. The molecule has 3 aromatic rings. The van der Waals surface area contributed by atoms with Gasteiger partial charge in [-0.05, 0) is 30.3 Å². The number of nitrogen functional groups attached to an aromatic ring is 1. The Balaban J connectivity index is 2.11. The van der Waals surface area contributed by atoms with Gasteiger partial charge in [0.2, 0.25) is 12.4 Å². The number of para-hydroxylation sites is 1. The molecule has 128 valence electrons. The first-order valence-electron chi connectivity index (χ1n) is 7.41. The van der Waals surface area contributed by atoms with Gasteiger partial charge in [0.15, 0.2) is 5.49 Å². The molecule has 0 saturated heterocycles. The van der Waals surface area contributed by atoms with E-state index >= 15 is 0 Å². The second-order valence-electron chi connectivity index (χ2n) is 5.44. The van der Waals surface area contributed by atoms with Crippen LogP contribution in [0.2, 0.25) is 5.02 Å². The number of anilines is 1. The SMILES string of the molecule is CN(Cc1cc(Cl)ccc1F)/N=c1/c2ccccc2nc(N)n1C=O. The van der Waals surface area contributed by atoms with E-state index in [4.69, 9.17) is 17.3 Å². The first kappa shape index (κ1) is 16.9. The first-order valence-corrected chi connectivity index (χ1v) is 7.79. The van der Waals surface area contributed by atoms with Crippen LogP contribution in [0.1, 0.15) is 5.56 Å². The molecule has 0 spiro atoms. The minimum absolute atomic E-state index is 0.0230. The van der Waals surface area contributed by atoms with Crippen LogP contribution in [0.3, 0.4) is 0 Å². The van der Waals surface area contributed by atoms with Crippen molar-refractivity contribution in [1.29, 1.82) is 0 Å². The normalized spacial score (nSPS) is 11.7. The predicted octanol–water partition coefficient (Wildman–Crippen LogP) is 2.40. The van der Waals surface area contributed by atoms with Gasteiger partial charge in [0, 0.05) is 23.0 Å². The van der Waals surface area contributed by atoms with Crippen molar-refractivity contribution in [3.63, 3.8) is 0 Å². The van der Waals surface area contributed by atoms with E-state index < -0.39 is 0 Å². The highest BCUT2D eigenvalue weighted by Gasteiger charge is 2.09. The number of hydrogen-bond acceptors (Lipinski definition) is 5. The minimum atomic E-state index is -0.381. The maximum atomic E-state index is 13.9. The van der Waals surface area contributed by atoms with Crippen LogP contribution in [0, 0.1) is 5.82 Å². The van der Waals surface area contributed by atoms with Crippen LogP contribution >= 0.6 is 11.6 Å². The lowest BCUT2D eigenvalue weighted by Crippen LogP contribution is -2.29.